The molecule has 2 aromatic heterocycles. The molecule has 0 spiro atoms. The number of furan rings is 1. The third kappa shape index (κ3) is 4.42. The molecule has 2 N–H and O–H groups in total. The summed E-state index contributed by atoms with van der Waals surface area (Å²) in [5.74, 6) is 0.506. The topological polar surface area (TPSA) is 96.6 Å². The van der Waals surface area contributed by atoms with Crippen molar-refractivity contribution in [1.29, 1.82) is 0 Å². The molecule has 1 fully saturated rings. The van der Waals surface area contributed by atoms with Crippen LogP contribution < -0.4 is 10.0 Å². The van der Waals surface area contributed by atoms with Crippen molar-refractivity contribution in [2.45, 2.75) is 30.2 Å². The first-order chi connectivity index (χ1) is 12.9. The minimum absolute atomic E-state index is 0.0370. The molecule has 2 aromatic rings. The van der Waals surface area contributed by atoms with Crippen LogP contribution in [0.3, 0.4) is 0 Å². The van der Waals surface area contributed by atoms with E-state index < -0.39 is 10.0 Å². The van der Waals surface area contributed by atoms with Crippen molar-refractivity contribution in [1.82, 2.24) is 19.5 Å². The van der Waals surface area contributed by atoms with Crippen LogP contribution in [0.2, 0.25) is 0 Å². The molecule has 1 aliphatic heterocycles. The number of amides is 1. The first-order valence-corrected chi connectivity index (χ1v) is 10.6. The maximum absolute atomic E-state index is 12.7. The summed E-state index contributed by atoms with van der Waals surface area (Å²) < 4.78 is 33.2. The lowest BCUT2D eigenvalue weighted by atomic mass is 10.1. The highest BCUT2D eigenvalue weighted by Crippen LogP contribution is 2.24. The number of sulfonamides is 1. The molecule has 3 rings (SSSR count). The second kappa shape index (κ2) is 8.28. The molecule has 1 amide bonds. The van der Waals surface area contributed by atoms with Gasteiger partial charge in [0.25, 0.3) is 5.91 Å². The Morgan fingerprint density at radius 3 is 2.67 bits per heavy atom. The zero-order valence-corrected chi connectivity index (χ0v) is 16.5. The molecule has 0 aromatic carbocycles. The summed E-state index contributed by atoms with van der Waals surface area (Å²) in [4.78, 5) is 15.0. The number of likely N-dealkylation sites (tertiary alicyclic amines) is 1. The molecule has 3 heterocycles. The number of carbonyl (C=O) groups is 1. The van der Waals surface area contributed by atoms with E-state index >= 15 is 0 Å². The van der Waals surface area contributed by atoms with Gasteiger partial charge in [-0.2, -0.15) is 0 Å². The Hall–Kier alpha value is -2.10. The summed E-state index contributed by atoms with van der Waals surface area (Å²) in [5.41, 5.74) is 0.292. The maximum atomic E-state index is 12.7. The third-order valence-corrected chi connectivity index (χ3v) is 6.33. The van der Waals surface area contributed by atoms with E-state index in [1.165, 1.54) is 30.3 Å². The standard InChI is InChI=1S/C18H26N4O4S/c1-19-27(24,25)14-11-15(21(2)13-14)18(23)20-12-16(17-7-6-10-26-17)22-8-4-3-5-9-22/h6-7,10-11,13,16,19H,3-5,8-9,12H2,1-2H3,(H,20,23). The van der Waals surface area contributed by atoms with E-state index in [4.69, 9.17) is 4.42 Å². The molecule has 9 heteroatoms. The van der Waals surface area contributed by atoms with Crippen molar-refractivity contribution >= 4 is 15.9 Å². The Balaban J connectivity index is 1.73. The minimum atomic E-state index is -3.59. The number of rotatable bonds is 7. The van der Waals surface area contributed by atoms with E-state index in [1.807, 2.05) is 12.1 Å². The molecule has 0 bridgehead atoms. The van der Waals surface area contributed by atoms with Crippen LogP contribution in [0.4, 0.5) is 0 Å². The first-order valence-electron chi connectivity index (χ1n) is 9.08. The summed E-state index contributed by atoms with van der Waals surface area (Å²) in [6, 6.07) is 5.11. The maximum Gasteiger partial charge on any atom is 0.268 e. The van der Waals surface area contributed by atoms with Crippen LogP contribution in [0.25, 0.3) is 0 Å². The number of hydrogen-bond donors (Lipinski definition) is 2. The number of aryl methyl sites for hydroxylation is 1. The van der Waals surface area contributed by atoms with Crippen LogP contribution in [0.5, 0.6) is 0 Å². The van der Waals surface area contributed by atoms with E-state index in [-0.39, 0.29) is 16.8 Å². The molecule has 1 saturated heterocycles. The molecular weight excluding hydrogens is 368 g/mol. The molecule has 0 aliphatic carbocycles. The monoisotopic (exact) mass is 394 g/mol. The normalized spacial score (nSPS) is 17.0. The van der Waals surface area contributed by atoms with Crippen molar-refractivity contribution in [3.63, 3.8) is 0 Å². The van der Waals surface area contributed by atoms with Crippen LogP contribution in [0, 0.1) is 0 Å². The number of piperidine rings is 1. The molecule has 148 valence electrons. The van der Waals surface area contributed by atoms with Crippen LogP contribution in [-0.2, 0) is 17.1 Å². The molecule has 0 radical (unpaired) electrons. The highest BCUT2D eigenvalue weighted by atomic mass is 32.2. The lowest BCUT2D eigenvalue weighted by molar-refractivity contribution is 0.0906. The summed E-state index contributed by atoms with van der Waals surface area (Å²) in [7, 11) is -0.598. The Labute approximate surface area is 159 Å². The Bertz CT molecular complexity index is 867. The quantitative estimate of drug-likeness (QED) is 0.742. The predicted molar refractivity (Wildman–Crippen MR) is 101 cm³/mol. The Morgan fingerprint density at radius 2 is 2.04 bits per heavy atom. The highest BCUT2D eigenvalue weighted by Gasteiger charge is 2.26. The van der Waals surface area contributed by atoms with E-state index in [1.54, 1.807) is 13.3 Å². The van der Waals surface area contributed by atoms with E-state index in [2.05, 4.69) is 14.9 Å². The fourth-order valence-corrected chi connectivity index (χ4v) is 4.22. The van der Waals surface area contributed by atoms with E-state index in [0.717, 1.165) is 31.7 Å². The molecule has 1 unspecified atom stereocenters. The Kier molecular flexibility index (Phi) is 6.03. The van der Waals surface area contributed by atoms with Gasteiger partial charge in [0.1, 0.15) is 16.3 Å². The van der Waals surface area contributed by atoms with Crippen molar-refractivity contribution in [2.24, 2.45) is 7.05 Å². The number of carbonyl (C=O) groups excluding carboxylic acids is 1. The first kappa shape index (κ1) is 19.7. The van der Waals surface area contributed by atoms with Gasteiger partial charge in [-0.15, -0.1) is 0 Å². The highest BCUT2D eigenvalue weighted by molar-refractivity contribution is 7.89. The van der Waals surface area contributed by atoms with Gasteiger partial charge in [0.05, 0.1) is 12.3 Å². The van der Waals surface area contributed by atoms with Gasteiger partial charge < -0.3 is 14.3 Å². The van der Waals surface area contributed by atoms with Crippen LogP contribution in [0.15, 0.2) is 40.0 Å². The van der Waals surface area contributed by atoms with Crippen molar-refractivity contribution < 1.29 is 17.6 Å². The zero-order valence-electron chi connectivity index (χ0n) is 15.6. The van der Waals surface area contributed by atoms with Gasteiger partial charge in [-0.3, -0.25) is 9.69 Å². The van der Waals surface area contributed by atoms with Gasteiger partial charge in [-0.1, -0.05) is 6.42 Å². The molecule has 1 atom stereocenters. The average molecular weight is 394 g/mol. The summed E-state index contributed by atoms with van der Waals surface area (Å²) >= 11 is 0. The summed E-state index contributed by atoms with van der Waals surface area (Å²) in [5, 5.41) is 2.93. The third-order valence-electron chi connectivity index (χ3n) is 4.95. The van der Waals surface area contributed by atoms with Gasteiger partial charge >= 0.3 is 0 Å². The number of aromatic nitrogens is 1. The second-order valence-electron chi connectivity index (χ2n) is 6.72. The Morgan fingerprint density at radius 1 is 1.30 bits per heavy atom. The van der Waals surface area contributed by atoms with Crippen molar-refractivity contribution in [3.05, 3.63) is 42.1 Å². The SMILES string of the molecule is CNS(=O)(=O)c1cc(C(=O)NCC(c2ccco2)N2CCCCC2)n(C)c1. The molecule has 0 saturated carbocycles. The second-order valence-corrected chi connectivity index (χ2v) is 8.60. The van der Waals surface area contributed by atoms with Crippen LogP contribution in [0.1, 0.15) is 41.6 Å². The van der Waals surface area contributed by atoms with Crippen LogP contribution in [-0.4, -0.2) is 50.5 Å². The van der Waals surface area contributed by atoms with Gasteiger partial charge in [0.15, 0.2) is 0 Å². The van der Waals surface area contributed by atoms with Gasteiger partial charge in [-0.05, 0) is 51.2 Å². The number of nitrogens with one attached hydrogen (secondary N) is 2. The smallest absolute Gasteiger partial charge is 0.268 e. The van der Waals surface area contributed by atoms with Crippen molar-refractivity contribution in [3.8, 4) is 0 Å². The largest absolute Gasteiger partial charge is 0.468 e. The van der Waals surface area contributed by atoms with Gasteiger partial charge in [-0.25, -0.2) is 13.1 Å². The summed E-state index contributed by atoms with van der Waals surface area (Å²) in [6.07, 6.45) is 6.55. The van der Waals surface area contributed by atoms with Crippen molar-refractivity contribution in [2.75, 3.05) is 26.7 Å². The fraction of sp³-hybridized carbons (Fsp3) is 0.500. The predicted octanol–water partition coefficient (Wildman–Crippen LogP) is 1.48. The number of hydrogen-bond acceptors (Lipinski definition) is 5. The molecule has 1 aliphatic rings. The van der Waals surface area contributed by atoms with E-state index in [9.17, 15) is 13.2 Å². The fourth-order valence-electron chi connectivity index (χ4n) is 3.43. The zero-order chi connectivity index (χ0) is 19.4. The molecule has 27 heavy (non-hydrogen) atoms. The summed E-state index contributed by atoms with van der Waals surface area (Å²) in [6.45, 7) is 2.33. The average Bonchev–Trinajstić information content (AvgIpc) is 3.33. The molecule has 8 nitrogen and oxygen atoms in total. The van der Waals surface area contributed by atoms with Gasteiger partial charge in [0.2, 0.25) is 10.0 Å². The van der Waals surface area contributed by atoms with Crippen LogP contribution >= 0.6 is 0 Å². The van der Waals surface area contributed by atoms with Gasteiger partial charge in [0, 0.05) is 19.8 Å². The number of nitrogens with zero attached hydrogens (tertiary/aromatic N) is 2. The lowest BCUT2D eigenvalue weighted by Crippen LogP contribution is -2.40. The minimum Gasteiger partial charge on any atom is -0.468 e. The lowest BCUT2D eigenvalue weighted by Gasteiger charge is -2.33. The van der Waals surface area contributed by atoms with E-state index in [0.29, 0.717) is 12.2 Å². The molecular formula is C18H26N4O4S.